The van der Waals surface area contributed by atoms with Gasteiger partial charge in [0.2, 0.25) is 17.8 Å². The summed E-state index contributed by atoms with van der Waals surface area (Å²) in [5.41, 5.74) is 7.53. The number of benzene rings is 1. The van der Waals surface area contributed by atoms with Crippen molar-refractivity contribution < 1.29 is 13.6 Å². The van der Waals surface area contributed by atoms with E-state index >= 15 is 0 Å². The highest BCUT2D eigenvalue weighted by atomic mass is 35.5. The average molecular weight is 510 g/mol. The Morgan fingerprint density at radius 3 is 2.72 bits per heavy atom. The Morgan fingerprint density at radius 2 is 1.94 bits per heavy atom. The van der Waals surface area contributed by atoms with Crippen LogP contribution in [0.4, 0.5) is 14.6 Å². The van der Waals surface area contributed by atoms with Crippen molar-refractivity contribution in [3.05, 3.63) is 71.0 Å². The first kappa shape index (κ1) is 22.3. The first-order valence-electron chi connectivity index (χ1n) is 11.1. The second-order valence-electron chi connectivity index (χ2n) is 8.64. The van der Waals surface area contributed by atoms with Gasteiger partial charge in [-0.25, -0.2) is 9.97 Å². The van der Waals surface area contributed by atoms with Crippen molar-refractivity contribution in [1.29, 1.82) is 0 Å². The Labute approximate surface area is 207 Å². The Morgan fingerprint density at radius 1 is 1.08 bits per heavy atom. The molecule has 1 aromatic carbocycles. The number of carbonyl (C=O) groups is 1. The van der Waals surface area contributed by atoms with Gasteiger partial charge in [-0.05, 0) is 65.6 Å². The summed E-state index contributed by atoms with van der Waals surface area (Å²) in [4.78, 5) is 25.4. The number of nitrogen functional groups attached to an aromatic ring is 1. The van der Waals surface area contributed by atoms with Crippen molar-refractivity contribution in [2.24, 2.45) is 0 Å². The van der Waals surface area contributed by atoms with Crippen LogP contribution in [-0.2, 0) is 4.79 Å². The van der Waals surface area contributed by atoms with Crippen LogP contribution < -0.4 is 5.73 Å². The molecule has 3 aromatic heterocycles. The molecule has 2 aliphatic rings. The third kappa shape index (κ3) is 3.70. The van der Waals surface area contributed by atoms with E-state index in [0.717, 1.165) is 11.1 Å². The molecule has 5 heterocycles. The zero-order chi connectivity index (χ0) is 25.0. The quantitative estimate of drug-likeness (QED) is 0.402. The van der Waals surface area contributed by atoms with Gasteiger partial charge in [-0.15, -0.1) is 5.10 Å². The summed E-state index contributed by atoms with van der Waals surface area (Å²) in [6.45, 7) is 0. The molecule has 1 amide bonds. The van der Waals surface area contributed by atoms with E-state index in [9.17, 15) is 13.6 Å². The second kappa shape index (κ2) is 8.48. The number of amides is 1. The van der Waals surface area contributed by atoms with Crippen molar-refractivity contribution in [1.82, 2.24) is 40.1 Å². The third-order valence-corrected chi connectivity index (χ3v) is 6.78. The standard InChI is InChI=1S/C23H18ClF2N9O/c24-12-1-4-16(34-10-28-32-33-34)15(9-12)11-7-13-2-5-17(35(13)19(36)8-11)23-30-20(22(26)31-23)14-3-6-18(27)29-21(14)25/h1,3-4,6,8-10,13,17H,2,5,7H2,(H2,27,29)(H,30,31)/t13-,17+/m1/s1. The molecule has 0 radical (unpaired) electrons. The number of nitrogens with two attached hydrogens (primary N) is 1. The lowest BCUT2D eigenvalue weighted by Crippen LogP contribution is -2.39. The lowest BCUT2D eigenvalue weighted by Gasteiger charge is -2.33. The van der Waals surface area contributed by atoms with Gasteiger partial charge >= 0.3 is 0 Å². The molecule has 0 spiro atoms. The molecular weight excluding hydrogens is 492 g/mol. The van der Waals surface area contributed by atoms with Crippen LogP contribution in [-0.4, -0.2) is 52.0 Å². The molecule has 10 nitrogen and oxygen atoms in total. The highest BCUT2D eigenvalue weighted by Gasteiger charge is 2.42. The molecule has 13 heteroatoms. The molecule has 0 unspecified atom stereocenters. The molecule has 2 aliphatic heterocycles. The van der Waals surface area contributed by atoms with Crippen LogP contribution in [0.5, 0.6) is 0 Å². The zero-order valence-electron chi connectivity index (χ0n) is 18.6. The minimum absolute atomic E-state index is 0.0144. The molecular formula is C23H18ClF2N9O. The van der Waals surface area contributed by atoms with Gasteiger partial charge in [0.15, 0.2) is 0 Å². The van der Waals surface area contributed by atoms with Crippen LogP contribution in [0.15, 0.2) is 42.7 Å². The molecule has 4 aromatic rings. The summed E-state index contributed by atoms with van der Waals surface area (Å²) in [6.07, 6.45) is 4.84. The Hall–Kier alpha value is -4.19. The minimum atomic E-state index is -0.907. The number of carbonyl (C=O) groups excluding carboxylic acids is 1. The number of pyridine rings is 1. The summed E-state index contributed by atoms with van der Waals surface area (Å²) >= 11 is 6.27. The van der Waals surface area contributed by atoms with Crippen molar-refractivity contribution in [3.8, 4) is 16.9 Å². The summed E-state index contributed by atoms with van der Waals surface area (Å²) in [5, 5.41) is 11.9. The number of aromatic amines is 1. The summed E-state index contributed by atoms with van der Waals surface area (Å²) in [5.74, 6) is -1.77. The number of nitrogens with one attached hydrogen (secondary N) is 1. The molecule has 2 atom stereocenters. The maximum absolute atomic E-state index is 14.7. The zero-order valence-corrected chi connectivity index (χ0v) is 19.3. The SMILES string of the molecule is Nc1ccc(-c2[nH]c([C@@H]3CC[C@@H]4CC(c5cc(Cl)ccc5-n5cnnn5)=CC(=O)N43)nc2F)c(F)n1. The van der Waals surface area contributed by atoms with Crippen molar-refractivity contribution in [2.45, 2.75) is 31.3 Å². The highest BCUT2D eigenvalue weighted by molar-refractivity contribution is 6.30. The number of anilines is 1. The monoisotopic (exact) mass is 509 g/mol. The van der Waals surface area contributed by atoms with Crippen LogP contribution in [0, 0.1) is 11.9 Å². The molecule has 0 aliphatic carbocycles. The minimum Gasteiger partial charge on any atom is -0.384 e. The molecule has 182 valence electrons. The Kier molecular flexibility index (Phi) is 5.25. The number of halogens is 3. The molecule has 1 saturated heterocycles. The number of tetrazole rings is 1. The number of nitrogens with zero attached hydrogens (tertiary/aromatic N) is 7. The van der Waals surface area contributed by atoms with Gasteiger partial charge in [0, 0.05) is 22.7 Å². The first-order valence-corrected chi connectivity index (χ1v) is 11.5. The van der Waals surface area contributed by atoms with Crippen molar-refractivity contribution in [2.75, 3.05) is 5.73 Å². The smallest absolute Gasteiger partial charge is 0.247 e. The van der Waals surface area contributed by atoms with Gasteiger partial charge in [-0.2, -0.15) is 13.5 Å². The van der Waals surface area contributed by atoms with Crippen molar-refractivity contribution >= 4 is 28.9 Å². The van der Waals surface area contributed by atoms with Crippen LogP contribution in [0.3, 0.4) is 0 Å². The van der Waals surface area contributed by atoms with Crippen molar-refractivity contribution in [3.63, 3.8) is 0 Å². The number of hydrogen-bond acceptors (Lipinski definition) is 7. The molecule has 3 N–H and O–H groups in total. The lowest BCUT2D eigenvalue weighted by molar-refractivity contribution is -0.129. The van der Waals surface area contributed by atoms with E-state index < -0.39 is 17.9 Å². The summed E-state index contributed by atoms with van der Waals surface area (Å²) in [6, 6.07) is 7.41. The normalized spacial score (nSPS) is 19.5. The second-order valence-corrected chi connectivity index (χ2v) is 9.08. The maximum Gasteiger partial charge on any atom is 0.247 e. The Balaban J connectivity index is 1.33. The van der Waals surface area contributed by atoms with E-state index in [0.29, 0.717) is 30.0 Å². The number of aromatic nitrogens is 7. The average Bonchev–Trinajstić information content (AvgIpc) is 3.59. The van der Waals surface area contributed by atoms with Gasteiger partial charge in [0.25, 0.3) is 0 Å². The van der Waals surface area contributed by atoms with Crippen LogP contribution in [0.1, 0.15) is 36.7 Å². The van der Waals surface area contributed by atoms with Crippen LogP contribution in [0.2, 0.25) is 5.02 Å². The van der Waals surface area contributed by atoms with E-state index in [-0.39, 0.29) is 34.8 Å². The third-order valence-electron chi connectivity index (χ3n) is 6.54. The number of rotatable bonds is 4. The topological polar surface area (TPSA) is 132 Å². The number of hydrogen-bond donors (Lipinski definition) is 2. The van der Waals surface area contributed by atoms with E-state index in [1.165, 1.54) is 23.1 Å². The van der Waals surface area contributed by atoms with Crippen LogP contribution >= 0.6 is 11.6 Å². The maximum atomic E-state index is 14.7. The molecule has 0 saturated carbocycles. The fraction of sp³-hybridized carbons (Fsp3) is 0.217. The van der Waals surface area contributed by atoms with E-state index in [1.807, 2.05) is 0 Å². The summed E-state index contributed by atoms with van der Waals surface area (Å²) < 4.78 is 30.5. The van der Waals surface area contributed by atoms with E-state index in [1.54, 1.807) is 29.2 Å². The number of H-pyrrole nitrogens is 1. The van der Waals surface area contributed by atoms with Gasteiger partial charge in [-0.1, -0.05) is 11.6 Å². The van der Waals surface area contributed by atoms with Gasteiger partial charge in [-0.3, -0.25) is 4.79 Å². The number of fused-ring (bicyclic) bond motifs is 1. The van der Waals surface area contributed by atoms with Gasteiger partial charge in [0.1, 0.15) is 23.7 Å². The molecule has 1 fully saturated rings. The molecule has 6 rings (SSSR count). The summed E-state index contributed by atoms with van der Waals surface area (Å²) in [7, 11) is 0. The highest BCUT2D eigenvalue weighted by Crippen LogP contribution is 2.43. The predicted molar refractivity (Wildman–Crippen MR) is 126 cm³/mol. The van der Waals surface area contributed by atoms with Gasteiger partial charge in [0.05, 0.1) is 17.3 Å². The fourth-order valence-corrected chi connectivity index (χ4v) is 5.16. The molecule has 0 bridgehead atoms. The first-order chi connectivity index (χ1) is 17.4. The number of imidazole rings is 1. The van der Waals surface area contributed by atoms with E-state index in [2.05, 4.69) is 30.5 Å². The molecule has 36 heavy (non-hydrogen) atoms. The lowest BCUT2D eigenvalue weighted by atomic mass is 9.92. The predicted octanol–water partition coefficient (Wildman–Crippen LogP) is 3.48. The Bertz CT molecular complexity index is 1520. The van der Waals surface area contributed by atoms with E-state index in [4.69, 9.17) is 17.3 Å². The fourth-order valence-electron chi connectivity index (χ4n) is 4.99. The van der Waals surface area contributed by atoms with Gasteiger partial charge < -0.3 is 15.6 Å². The van der Waals surface area contributed by atoms with Crippen LogP contribution in [0.25, 0.3) is 22.5 Å². The largest absolute Gasteiger partial charge is 0.384 e.